The summed E-state index contributed by atoms with van der Waals surface area (Å²) in [6.07, 6.45) is 0. The maximum Gasteiger partial charge on any atom is 0.254 e. The summed E-state index contributed by atoms with van der Waals surface area (Å²) < 4.78 is 0. The molecular weight excluding hydrogens is 394 g/mol. The molecule has 2 heterocycles. The van der Waals surface area contributed by atoms with E-state index in [0.29, 0.717) is 0 Å². The molecule has 162 valence electrons. The van der Waals surface area contributed by atoms with E-state index in [1.807, 2.05) is 42.1 Å². The first-order chi connectivity index (χ1) is 14.1. The van der Waals surface area contributed by atoms with E-state index < -0.39 is 0 Å². The number of quaternary nitrogens is 1. The molecule has 1 N–H and O–H groups in total. The number of nitrogens with one attached hydrogen (secondary N) is 1. The molecule has 1 amide bonds. The van der Waals surface area contributed by atoms with Gasteiger partial charge in [-0.05, 0) is 17.7 Å². The van der Waals surface area contributed by atoms with E-state index in [1.54, 1.807) is 11.8 Å². The monoisotopic (exact) mass is 428 g/mol. The van der Waals surface area contributed by atoms with Crippen LogP contribution in [0.2, 0.25) is 0 Å². The Kier molecular flexibility index (Phi) is 7.03. The molecule has 1 aliphatic heterocycles. The Morgan fingerprint density at radius 2 is 1.87 bits per heavy atom. The van der Waals surface area contributed by atoms with Crippen molar-refractivity contribution >= 4 is 23.5 Å². The molecule has 3 rings (SSSR count). The van der Waals surface area contributed by atoms with Crippen LogP contribution in [0.1, 0.15) is 42.4 Å². The smallest absolute Gasteiger partial charge is 0.254 e. The highest BCUT2D eigenvalue weighted by molar-refractivity contribution is 7.98. The quantitative estimate of drug-likeness (QED) is 0.584. The minimum Gasteiger partial charge on any atom is -0.363 e. The van der Waals surface area contributed by atoms with Gasteiger partial charge in [0.15, 0.2) is 5.16 Å². The van der Waals surface area contributed by atoms with Gasteiger partial charge >= 0.3 is 0 Å². The molecule has 0 bridgehead atoms. The summed E-state index contributed by atoms with van der Waals surface area (Å²) in [5, 5.41) is 0.768. The van der Waals surface area contributed by atoms with Crippen molar-refractivity contribution in [2.45, 2.75) is 37.1 Å². The van der Waals surface area contributed by atoms with Crippen LogP contribution in [-0.2, 0) is 11.2 Å². The topological polar surface area (TPSA) is 53.8 Å². The van der Waals surface area contributed by atoms with Crippen molar-refractivity contribution in [3.8, 4) is 0 Å². The molecule has 30 heavy (non-hydrogen) atoms. The number of anilines is 1. The van der Waals surface area contributed by atoms with Crippen molar-refractivity contribution in [3.05, 3.63) is 47.2 Å². The minimum absolute atomic E-state index is 0.0421. The Bertz CT molecular complexity index is 885. The number of amides is 1. The maximum absolute atomic E-state index is 12.9. The van der Waals surface area contributed by atoms with Crippen LogP contribution in [0.4, 0.5) is 5.82 Å². The van der Waals surface area contributed by atoms with Crippen LogP contribution >= 0.6 is 11.8 Å². The molecule has 1 aromatic heterocycles. The van der Waals surface area contributed by atoms with Crippen LogP contribution in [0.5, 0.6) is 0 Å². The largest absolute Gasteiger partial charge is 0.363 e. The Morgan fingerprint density at radius 1 is 1.17 bits per heavy atom. The van der Waals surface area contributed by atoms with E-state index in [9.17, 15) is 4.79 Å². The van der Waals surface area contributed by atoms with Gasteiger partial charge in [0.2, 0.25) is 0 Å². The van der Waals surface area contributed by atoms with Crippen LogP contribution in [0.25, 0.3) is 0 Å². The van der Waals surface area contributed by atoms with Crippen molar-refractivity contribution in [2.24, 2.45) is 0 Å². The lowest BCUT2D eigenvalue weighted by Crippen LogP contribution is -3.12. The molecule has 0 spiro atoms. The van der Waals surface area contributed by atoms with Gasteiger partial charge in [0, 0.05) is 36.9 Å². The molecular formula is C23H34N5OS+. The molecule has 1 saturated heterocycles. The summed E-state index contributed by atoms with van der Waals surface area (Å²) in [6, 6.07) is 10.0. The van der Waals surface area contributed by atoms with Crippen LogP contribution in [-0.4, -0.2) is 68.1 Å². The zero-order chi connectivity index (χ0) is 21.9. The summed E-state index contributed by atoms with van der Waals surface area (Å²) in [7, 11) is 6.18. The van der Waals surface area contributed by atoms with Gasteiger partial charge in [0.05, 0.1) is 38.9 Å². The normalized spacial score (nSPS) is 15.3. The summed E-state index contributed by atoms with van der Waals surface area (Å²) >= 11 is 1.61. The number of rotatable bonds is 5. The van der Waals surface area contributed by atoms with Crippen molar-refractivity contribution in [1.29, 1.82) is 0 Å². The average molecular weight is 429 g/mol. The fourth-order valence-corrected chi connectivity index (χ4v) is 4.10. The molecule has 1 aliphatic rings. The standard InChI is InChI=1S/C23H33N5OS/c1-23(2,3)19-15-20(26(4)5)25-22(24-19)30-16-17-8-7-9-18(14-17)21(29)28-12-10-27(6)11-13-28/h7-9,14-15H,10-13,16H2,1-6H3/p+1. The van der Waals surface area contributed by atoms with Crippen LogP contribution in [0, 0.1) is 0 Å². The number of benzene rings is 1. The molecule has 0 saturated carbocycles. The molecule has 7 heteroatoms. The summed E-state index contributed by atoms with van der Waals surface area (Å²) in [6.45, 7) is 10.2. The highest BCUT2D eigenvalue weighted by Crippen LogP contribution is 2.28. The number of carbonyl (C=O) groups excluding carboxylic acids is 1. The number of carbonyl (C=O) groups is 1. The van der Waals surface area contributed by atoms with E-state index in [4.69, 9.17) is 9.97 Å². The van der Waals surface area contributed by atoms with Gasteiger partial charge in [-0.25, -0.2) is 9.97 Å². The number of hydrogen-bond acceptors (Lipinski definition) is 5. The average Bonchev–Trinajstić information content (AvgIpc) is 2.71. The fourth-order valence-electron chi connectivity index (χ4n) is 3.31. The third-order valence-electron chi connectivity index (χ3n) is 5.36. The molecule has 1 fully saturated rings. The highest BCUT2D eigenvalue weighted by atomic mass is 32.2. The van der Waals surface area contributed by atoms with Gasteiger partial charge < -0.3 is 14.7 Å². The number of likely N-dealkylation sites (N-methyl/N-ethyl adjacent to an activating group) is 1. The second kappa shape index (κ2) is 9.35. The molecule has 6 nitrogen and oxygen atoms in total. The van der Waals surface area contributed by atoms with E-state index in [1.165, 1.54) is 4.90 Å². The van der Waals surface area contributed by atoms with E-state index in [-0.39, 0.29) is 11.3 Å². The van der Waals surface area contributed by atoms with Gasteiger partial charge in [0.1, 0.15) is 5.82 Å². The number of thioether (sulfide) groups is 1. The van der Waals surface area contributed by atoms with E-state index in [2.05, 4.69) is 40.0 Å². The van der Waals surface area contributed by atoms with Crippen molar-refractivity contribution in [1.82, 2.24) is 14.9 Å². The Labute approximate surface area is 184 Å². The number of nitrogens with zero attached hydrogens (tertiary/aromatic N) is 4. The molecule has 2 aromatic rings. The van der Waals surface area contributed by atoms with Crippen LogP contribution < -0.4 is 9.80 Å². The Hall–Kier alpha value is -2.12. The number of piperazine rings is 1. The van der Waals surface area contributed by atoms with Crippen molar-refractivity contribution in [3.63, 3.8) is 0 Å². The van der Waals surface area contributed by atoms with Gasteiger partial charge in [-0.2, -0.15) is 0 Å². The number of hydrogen-bond donors (Lipinski definition) is 1. The summed E-state index contributed by atoms with van der Waals surface area (Å²) in [4.78, 5) is 27.8. The molecule has 0 aliphatic carbocycles. The van der Waals surface area contributed by atoms with Gasteiger partial charge in [-0.15, -0.1) is 0 Å². The summed E-state index contributed by atoms with van der Waals surface area (Å²) in [5.74, 6) is 1.78. The Balaban J connectivity index is 1.73. The molecule has 0 radical (unpaired) electrons. The fraction of sp³-hybridized carbons (Fsp3) is 0.522. The Morgan fingerprint density at radius 3 is 2.50 bits per heavy atom. The SMILES string of the molecule is CN(C)c1cc(C(C)(C)C)nc(SCc2cccc(C(=O)N3CC[NH+](C)CC3)c2)n1. The van der Waals surface area contributed by atoms with Gasteiger partial charge in [-0.1, -0.05) is 44.7 Å². The third kappa shape index (κ3) is 5.73. The molecule has 0 unspecified atom stereocenters. The first-order valence-electron chi connectivity index (χ1n) is 10.5. The second-order valence-corrected chi connectivity index (χ2v) is 10.2. The van der Waals surface area contributed by atoms with Crippen molar-refractivity contribution in [2.75, 3.05) is 52.2 Å². The molecule has 0 atom stereocenters. The minimum atomic E-state index is -0.0421. The number of aromatic nitrogens is 2. The van der Waals surface area contributed by atoms with E-state index in [0.717, 1.165) is 59.7 Å². The summed E-state index contributed by atoms with van der Waals surface area (Å²) in [5.41, 5.74) is 2.87. The lowest BCUT2D eigenvalue weighted by Gasteiger charge is -2.30. The first kappa shape index (κ1) is 22.6. The van der Waals surface area contributed by atoms with Gasteiger partial charge in [-0.3, -0.25) is 4.79 Å². The van der Waals surface area contributed by atoms with E-state index >= 15 is 0 Å². The van der Waals surface area contributed by atoms with Crippen molar-refractivity contribution < 1.29 is 9.69 Å². The van der Waals surface area contributed by atoms with Crippen LogP contribution in [0.15, 0.2) is 35.5 Å². The zero-order valence-corrected chi connectivity index (χ0v) is 19.8. The highest BCUT2D eigenvalue weighted by Gasteiger charge is 2.23. The lowest BCUT2D eigenvalue weighted by atomic mass is 9.92. The molecule has 1 aromatic carbocycles. The lowest BCUT2D eigenvalue weighted by molar-refractivity contribution is -0.883. The zero-order valence-electron chi connectivity index (χ0n) is 19.0. The first-order valence-corrected chi connectivity index (χ1v) is 11.5. The third-order valence-corrected chi connectivity index (χ3v) is 6.28. The predicted octanol–water partition coefficient (Wildman–Crippen LogP) is 2.10. The van der Waals surface area contributed by atoms with Gasteiger partial charge in [0.25, 0.3) is 5.91 Å². The second-order valence-electron chi connectivity index (χ2n) is 9.28. The maximum atomic E-state index is 12.9. The van der Waals surface area contributed by atoms with Crippen LogP contribution in [0.3, 0.4) is 0 Å². The predicted molar refractivity (Wildman–Crippen MR) is 124 cm³/mol.